The molecule has 0 saturated heterocycles. The molecule has 0 bridgehead atoms. The summed E-state index contributed by atoms with van der Waals surface area (Å²) in [5, 5.41) is 11.8. The molecule has 2 aromatic heterocycles. The number of aromatic nitrogens is 3. The molecule has 0 unspecified atom stereocenters. The highest BCUT2D eigenvalue weighted by Gasteiger charge is 2.10. The van der Waals surface area contributed by atoms with Crippen LogP contribution < -0.4 is 15.8 Å². The van der Waals surface area contributed by atoms with Crippen molar-refractivity contribution >= 4 is 17.5 Å². The maximum absolute atomic E-state index is 14.6. The lowest BCUT2D eigenvalue weighted by atomic mass is 10.1. The van der Waals surface area contributed by atoms with Crippen molar-refractivity contribution in [2.24, 2.45) is 0 Å². The Morgan fingerprint density at radius 3 is 2.53 bits per heavy atom. The Hall–Kier alpha value is -4.51. The van der Waals surface area contributed by atoms with E-state index in [2.05, 4.69) is 20.3 Å². The maximum Gasteiger partial charge on any atom is 0.222 e. The van der Waals surface area contributed by atoms with Gasteiger partial charge in [-0.15, -0.1) is 0 Å². The highest BCUT2D eigenvalue weighted by Crippen LogP contribution is 2.28. The molecular weight excluding hydrogens is 383 g/mol. The highest BCUT2D eigenvalue weighted by atomic mass is 19.1. The van der Waals surface area contributed by atoms with E-state index in [1.807, 2.05) is 36.4 Å². The van der Waals surface area contributed by atoms with E-state index in [4.69, 9.17) is 15.7 Å². The lowest BCUT2D eigenvalue weighted by molar-refractivity contribution is 0.476. The maximum atomic E-state index is 14.6. The fourth-order valence-electron chi connectivity index (χ4n) is 2.76. The molecule has 0 saturated carbocycles. The van der Waals surface area contributed by atoms with Gasteiger partial charge in [-0.25, -0.2) is 14.4 Å². The molecule has 4 aromatic rings. The van der Waals surface area contributed by atoms with Crippen molar-refractivity contribution in [2.75, 3.05) is 11.1 Å². The summed E-state index contributed by atoms with van der Waals surface area (Å²) < 4.78 is 20.2. The molecule has 0 amide bonds. The van der Waals surface area contributed by atoms with E-state index in [9.17, 15) is 4.39 Å². The number of nitrogens with two attached hydrogens (primary N) is 1. The SMILES string of the molecule is N#Cc1cc(Oc2ccc(Nc3cc(-c4ccccc4)nc(N)n3)c(F)c2)ccn1. The molecule has 0 radical (unpaired) electrons. The monoisotopic (exact) mass is 398 g/mol. The standard InChI is InChI=1S/C22H15FN6O/c23-18-11-16(30-17-8-9-26-15(10-17)13-24)6-7-19(18)27-21-12-20(28-22(25)29-21)14-4-2-1-3-5-14/h1-12H,(H3,25,27,28,29). The number of hydrogen-bond acceptors (Lipinski definition) is 7. The molecule has 0 fully saturated rings. The van der Waals surface area contributed by atoms with E-state index < -0.39 is 5.82 Å². The van der Waals surface area contributed by atoms with E-state index >= 15 is 0 Å². The van der Waals surface area contributed by atoms with Gasteiger partial charge in [0.25, 0.3) is 0 Å². The van der Waals surface area contributed by atoms with E-state index in [1.54, 1.807) is 18.2 Å². The second-order valence-corrected chi connectivity index (χ2v) is 6.22. The largest absolute Gasteiger partial charge is 0.457 e. The molecule has 30 heavy (non-hydrogen) atoms. The topological polar surface area (TPSA) is 110 Å². The Morgan fingerprint density at radius 2 is 1.77 bits per heavy atom. The predicted octanol–water partition coefficient (Wildman–Crippen LogP) is 4.67. The van der Waals surface area contributed by atoms with E-state index in [0.717, 1.165) is 5.56 Å². The van der Waals surface area contributed by atoms with Crippen LogP contribution in [-0.2, 0) is 0 Å². The fourth-order valence-corrected chi connectivity index (χ4v) is 2.76. The second kappa shape index (κ2) is 8.24. The molecule has 7 nitrogen and oxygen atoms in total. The van der Waals surface area contributed by atoms with Crippen LogP contribution in [0.25, 0.3) is 11.3 Å². The Kier molecular flexibility index (Phi) is 5.17. The molecule has 2 aromatic carbocycles. The number of nitrogens with zero attached hydrogens (tertiary/aromatic N) is 4. The van der Waals surface area contributed by atoms with Gasteiger partial charge in [0.15, 0.2) is 0 Å². The number of nitrogens with one attached hydrogen (secondary N) is 1. The van der Waals surface area contributed by atoms with Gasteiger partial charge in [-0.2, -0.15) is 10.2 Å². The molecule has 4 rings (SSSR count). The minimum absolute atomic E-state index is 0.0743. The second-order valence-electron chi connectivity index (χ2n) is 6.22. The van der Waals surface area contributed by atoms with Crippen molar-refractivity contribution in [1.82, 2.24) is 15.0 Å². The zero-order valence-electron chi connectivity index (χ0n) is 15.6. The van der Waals surface area contributed by atoms with Crippen LogP contribution >= 0.6 is 0 Å². The number of nitriles is 1. The van der Waals surface area contributed by atoms with Gasteiger partial charge in [-0.3, -0.25) is 0 Å². The van der Waals surface area contributed by atoms with Crippen LogP contribution in [0.2, 0.25) is 0 Å². The van der Waals surface area contributed by atoms with Gasteiger partial charge in [0.1, 0.15) is 34.9 Å². The van der Waals surface area contributed by atoms with E-state index in [1.165, 1.54) is 24.4 Å². The van der Waals surface area contributed by atoms with Crippen LogP contribution in [0.1, 0.15) is 5.69 Å². The van der Waals surface area contributed by atoms with Gasteiger partial charge in [0.2, 0.25) is 5.95 Å². The summed E-state index contributed by atoms with van der Waals surface area (Å²) in [5.41, 5.74) is 7.72. The number of anilines is 3. The van der Waals surface area contributed by atoms with Crippen molar-refractivity contribution in [2.45, 2.75) is 0 Å². The Balaban J connectivity index is 1.56. The molecule has 0 spiro atoms. The molecule has 146 valence electrons. The zero-order chi connectivity index (χ0) is 20.9. The quantitative estimate of drug-likeness (QED) is 0.503. The van der Waals surface area contributed by atoms with Crippen LogP contribution in [0.4, 0.5) is 21.8 Å². The van der Waals surface area contributed by atoms with E-state index in [0.29, 0.717) is 17.3 Å². The van der Waals surface area contributed by atoms with Gasteiger partial charge in [0.05, 0.1) is 11.4 Å². The van der Waals surface area contributed by atoms with Gasteiger partial charge in [-0.05, 0) is 18.2 Å². The number of halogens is 1. The minimum atomic E-state index is -0.541. The average Bonchev–Trinajstić information content (AvgIpc) is 2.76. The number of hydrogen-bond donors (Lipinski definition) is 2. The van der Waals surface area contributed by atoms with Crippen LogP contribution in [0.15, 0.2) is 72.9 Å². The van der Waals surface area contributed by atoms with Gasteiger partial charge in [0, 0.05) is 30.0 Å². The normalized spacial score (nSPS) is 10.3. The summed E-state index contributed by atoms with van der Waals surface area (Å²) in [6.45, 7) is 0. The van der Waals surface area contributed by atoms with Gasteiger partial charge < -0.3 is 15.8 Å². The van der Waals surface area contributed by atoms with Gasteiger partial charge in [-0.1, -0.05) is 30.3 Å². The first kappa shape index (κ1) is 18.8. The fraction of sp³-hybridized carbons (Fsp3) is 0. The third-order valence-corrected chi connectivity index (χ3v) is 4.10. The molecule has 0 atom stereocenters. The molecule has 0 aliphatic heterocycles. The third kappa shape index (κ3) is 4.31. The van der Waals surface area contributed by atoms with Crippen molar-refractivity contribution < 1.29 is 9.13 Å². The smallest absolute Gasteiger partial charge is 0.222 e. The summed E-state index contributed by atoms with van der Waals surface area (Å²) in [6.07, 6.45) is 1.45. The summed E-state index contributed by atoms with van der Waals surface area (Å²) in [6, 6.07) is 20.5. The van der Waals surface area contributed by atoms with Gasteiger partial charge >= 0.3 is 0 Å². The molecular formula is C22H15FN6O. The lowest BCUT2D eigenvalue weighted by Gasteiger charge is -2.11. The van der Waals surface area contributed by atoms with Crippen LogP contribution in [0.5, 0.6) is 11.5 Å². The van der Waals surface area contributed by atoms with Crippen LogP contribution in [0.3, 0.4) is 0 Å². The summed E-state index contributed by atoms with van der Waals surface area (Å²) in [7, 11) is 0. The van der Waals surface area contributed by atoms with E-state index in [-0.39, 0.29) is 23.1 Å². The number of rotatable bonds is 5. The van der Waals surface area contributed by atoms with Crippen molar-refractivity contribution in [3.63, 3.8) is 0 Å². The Morgan fingerprint density at radius 1 is 0.967 bits per heavy atom. The molecule has 0 aliphatic carbocycles. The number of benzene rings is 2. The van der Waals surface area contributed by atoms with Crippen molar-refractivity contribution in [1.29, 1.82) is 5.26 Å². The number of ether oxygens (including phenoxy) is 1. The van der Waals surface area contributed by atoms with Crippen LogP contribution in [0, 0.1) is 17.1 Å². The predicted molar refractivity (Wildman–Crippen MR) is 111 cm³/mol. The first-order chi connectivity index (χ1) is 14.6. The minimum Gasteiger partial charge on any atom is -0.457 e. The Bertz CT molecular complexity index is 1240. The zero-order valence-corrected chi connectivity index (χ0v) is 15.6. The molecule has 2 heterocycles. The first-order valence-corrected chi connectivity index (χ1v) is 8.91. The number of nitrogen functional groups attached to an aromatic ring is 1. The first-order valence-electron chi connectivity index (χ1n) is 8.91. The summed E-state index contributed by atoms with van der Waals surface area (Å²) >= 11 is 0. The van der Waals surface area contributed by atoms with Crippen LogP contribution in [-0.4, -0.2) is 15.0 Å². The average molecular weight is 398 g/mol. The Labute approximate surface area is 171 Å². The highest BCUT2D eigenvalue weighted by molar-refractivity contribution is 5.67. The van der Waals surface area contributed by atoms with Crippen molar-refractivity contribution in [3.8, 4) is 28.8 Å². The third-order valence-electron chi connectivity index (χ3n) is 4.10. The number of pyridine rings is 1. The molecule has 0 aliphatic rings. The molecule has 3 N–H and O–H groups in total. The van der Waals surface area contributed by atoms with Crippen molar-refractivity contribution in [3.05, 3.63) is 84.4 Å². The summed E-state index contributed by atoms with van der Waals surface area (Å²) in [4.78, 5) is 12.2. The molecule has 8 heteroatoms. The lowest BCUT2D eigenvalue weighted by Crippen LogP contribution is -2.02. The summed E-state index contributed by atoms with van der Waals surface area (Å²) in [5.74, 6) is 0.561.